The monoisotopic (exact) mass is 373 g/mol. The number of benzene rings is 2. The zero-order chi connectivity index (χ0) is 17.8. The Kier molecular flexibility index (Phi) is 6.77. The highest BCUT2D eigenvalue weighted by molar-refractivity contribution is 6.07. The van der Waals surface area contributed by atoms with Gasteiger partial charge >= 0.3 is 0 Å². The predicted molar refractivity (Wildman–Crippen MR) is 107 cm³/mol. The van der Waals surface area contributed by atoms with Gasteiger partial charge in [-0.15, -0.1) is 12.4 Å². The highest BCUT2D eigenvalue weighted by atomic mass is 35.5. The summed E-state index contributed by atoms with van der Waals surface area (Å²) in [5, 5.41) is 5.86. The van der Waals surface area contributed by atoms with Crippen molar-refractivity contribution in [1.29, 1.82) is 0 Å². The van der Waals surface area contributed by atoms with Crippen LogP contribution >= 0.6 is 12.4 Å². The number of rotatable bonds is 5. The summed E-state index contributed by atoms with van der Waals surface area (Å²) in [5.74, 6) is -0.166. The van der Waals surface area contributed by atoms with Crippen LogP contribution in [-0.4, -0.2) is 32.0 Å². The van der Waals surface area contributed by atoms with E-state index < -0.39 is 0 Å². The number of para-hydroxylation sites is 1. The first-order valence-electron chi connectivity index (χ1n) is 8.55. The van der Waals surface area contributed by atoms with Crippen molar-refractivity contribution in [2.24, 2.45) is 5.92 Å². The number of hydrogen-bond acceptors (Lipinski definition) is 3. The third kappa shape index (κ3) is 4.23. The maximum Gasteiger partial charge on any atom is 0.258 e. The smallest absolute Gasteiger partial charge is 0.258 e. The quantitative estimate of drug-likeness (QED) is 0.846. The van der Waals surface area contributed by atoms with Crippen LogP contribution in [0.4, 0.5) is 11.4 Å². The number of carbonyl (C=O) groups is 2. The molecule has 138 valence electrons. The van der Waals surface area contributed by atoms with E-state index >= 15 is 0 Å². The molecular formula is C20H24ClN3O2. The van der Waals surface area contributed by atoms with Gasteiger partial charge in [-0.25, -0.2) is 0 Å². The van der Waals surface area contributed by atoms with Crippen LogP contribution in [0.5, 0.6) is 0 Å². The Balaban J connectivity index is 0.00000243. The second kappa shape index (κ2) is 8.83. The predicted octanol–water partition coefficient (Wildman–Crippen LogP) is 3.11. The molecular weight excluding hydrogens is 350 g/mol. The van der Waals surface area contributed by atoms with Crippen molar-refractivity contribution in [1.82, 2.24) is 5.32 Å². The van der Waals surface area contributed by atoms with E-state index in [1.807, 2.05) is 37.1 Å². The first kappa shape index (κ1) is 19.9. The van der Waals surface area contributed by atoms with E-state index in [0.29, 0.717) is 24.3 Å². The third-order valence-corrected chi connectivity index (χ3v) is 4.49. The van der Waals surface area contributed by atoms with Crippen LogP contribution in [0.1, 0.15) is 22.8 Å². The molecule has 0 spiro atoms. The molecule has 2 amide bonds. The fourth-order valence-corrected chi connectivity index (χ4v) is 3.07. The van der Waals surface area contributed by atoms with E-state index in [-0.39, 0.29) is 30.1 Å². The molecule has 0 saturated heterocycles. The molecule has 1 aliphatic heterocycles. The molecule has 5 nitrogen and oxygen atoms in total. The summed E-state index contributed by atoms with van der Waals surface area (Å²) < 4.78 is 0. The molecule has 2 aromatic carbocycles. The van der Waals surface area contributed by atoms with E-state index in [9.17, 15) is 9.59 Å². The molecule has 1 heterocycles. The molecule has 0 radical (unpaired) electrons. The number of anilines is 2. The van der Waals surface area contributed by atoms with Gasteiger partial charge < -0.3 is 15.5 Å². The minimum Gasteiger partial charge on any atom is -0.326 e. The molecule has 0 aliphatic carbocycles. The lowest BCUT2D eigenvalue weighted by atomic mass is 10.1. The van der Waals surface area contributed by atoms with Crippen molar-refractivity contribution in [3.8, 4) is 0 Å². The van der Waals surface area contributed by atoms with Crippen molar-refractivity contribution in [2.75, 3.05) is 30.4 Å². The fourth-order valence-electron chi connectivity index (χ4n) is 3.07. The second-order valence-corrected chi connectivity index (χ2v) is 6.36. The lowest BCUT2D eigenvalue weighted by Gasteiger charge is -2.17. The van der Waals surface area contributed by atoms with Crippen LogP contribution in [0.25, 0.3) is 0 Å². The topological polar surface area (TPSA) is 61.4 Å². The van der Waals surface area contributed by atoms with Gasteiger partial charge in [-0.05, 0) is 49.4 Å². The number of fused-ring (bicyclic) bond motifs is 1. The Morgan fingerprint density at radius 3 is 2.50 bits per heavy atom. The Morgan fingerprint density at radius 1 is 1.12 bits per heavy atom. The van der Waals surface area contributed by atoms with Crippen LogP contribution in [0.3, 0.4) is 0 Å². The number of nitrogens with zero attached hydrogens (tertiary/aromatic N) is 1. The third-order valence-electron chi connectivity index (χ3n) is 4.49. The molecule has 1 atom stereocenters. The van der Waals surface area contributed by atoms with E-state index in [4.69, 9.17) is 0 Å². The van der Waals surface area contributed by atoms with Crippen molar-refractivity contribution in [3.63, 3.8) is 0 Å². The van der Waals surface area contributed by atoms with E-state index in [0.717, 1.165) is 12.1 Å². The number of halogens is 1. The molecule has 3 rings (SSSR count). The molecule has 0 saturated carbocycles. The van der Waals surface area contributed by atoms with E-state index in [1.54, 1.807) is 24.3 Å². The van der Waals surface area contributed by atoms with Crippen LogP contribution in [0.15, 0.2) is 48.5 Å². The van der Waals surface area contributed by atoms with Crippen molar-refractivity contribution >= 4 is 35.6 Å². The van der Waals surface area contributed by atoms with Crippen LogP contribution in [-0.2, 0) is 11.2 Å². The average molecular weight is 374 g/mol. The van der Waals surface area contributed by atoms with Gasteiger partial charge in [0.25, 0.3) is 5.91 Å². The normalized spacial score (nSPS) is 13.5. The highest BCUT2D eigenvalue weighted by Crippen LogP contribution is 2.29. The van der Waals surface area contributed by atoms with Gasteiger partial charge in [-0.2, -0.15) is 0 Å². The Hall–Kier alpha value is -2.37. The Labute approximate surface area is 160 Å². The zero-order valence-corrected chi connectivity index (χ0v) is 15.8. The van der Waals surface area contributed by atoms with Crippen LogP contribution < -0.4 is 15.5 Å². The van der Waals surface area contributed by atoms with Gasteiger partial charge in [-0.3, -0.25) is 9.59 Å². The largest absolute Gasteiger partial charge is 0.326 e. The molecule has 0 aromatic heterocycles. The summed E-state index contributed by atoms with van der Waals surface area (Å²) in [6.45, 7) is 3.20. The van der Waals surface area contributed by atoms with Crippen molar-refractivity contribution in [2.45, 2.75) is 13.3 Å². The average Bonchev–Trinajstić information content (AvgIpc) is 3.06. The summed E-state index contributed by atoms with van der Waals surface area (Å²) in [5.41, 5.74) is 3.52. The highest BCUT2D eigenvalue weighted by Gasteiger charge is 2.25. The van der Waals surface area contributed by atoms with Crippen molar-refractivity contribution in [3.05, 3.63) is 59.7 Å². The van der Waals surface area contributed by atoms with Gasteiger partial charge in [0.05, 0.1) is 0 Å². The Bertz CT molecular complexity index is 777. The van der Waals surface area contributed by atoms with Crippen molar-refractivity contribution < 1.29 is 9.59 Å². The summed E-state index contributed by atoms with van der Waals surface area (Å²) in [6, 6.07) is 15.1. The molecule has 6 heteroatoms. The number of amides is 2. The molecule has 1 unspecified atom stereocenters. The molecule has 26 heavy (non-hydrogen) atoms. The van der Waals surface area contributed by atoms with E-state index in [2.05, 4.69) is 16.7 Å². The second-order valence-electron chi connectivity index (χ2n) is 6.36. The summed E-state index contributed by atoms with van der Waals surface area (Å²) in [7, 11) is 1.82. The maximum atomic E-state index is 12.8. The Morgan fingerprint density at radius 2 is 1.81 bits per heavy atom. The molecule has 0 fully saturated rings. The van der Waals surface area contributed by atoms with E-state index in [1.165, 1.54) is 5.56 Å². The van der Waals surface area contributed by atoms with Gasteiger partial charge in [-0.1, -0.05) is 25.1 Å². The molecule has 1 aliphatic rings. The van der Waals surface area contributed by atoms with Crippen LogP contribution in [0.2, 0.25) is 0 Å². The minimum atomic E-state index is -0.118. The van der Waals surface area contributed by atoms with Crippen LogP contribution in [0, 0.1) is 5.92 Å². The fraction of sp³-hybridized carbons (Fsp3) is 0.300. The van der Waals surface area contributed by atoms with Gasteiger partial charge in [0.1, 0.15) is 0 Å². The van der Waals surface area contributed by atoms with Gasteiger partial charge in [0, 0.05) is 35.9 Å². The lowest BCUT2D eigenvalue weighted by Crippen LogP contribution is -2.29. The zero-order valence-electron chi connectivity index (χ0n) is 15.0. The first-order valence-corrected chi connectivity index (χ1v) is 8.55. The first-order chi connectivity index (χ1) is 12.1. The molecule has 2 aromatic rings. The van der Waals surface area contributed by atoms with Gasteiger partial charge in [0.15, 0.2) is 0 Å². The standard InChI is InChI=1S/C20H23N3O2.ClH/c1-14(13-21-2)19(24)22-17-9-7-16(8-10-17)20(25)23-12-11-15-5-3-4-6-18(15)23;/h3-10,14,21H,11-13H2,1-2H3,(H,22,24);1H. The minimum absolute atomic E-state index is 0. The molecule has 2 N–H and O–H groups in total. The number of carbonyl (C=O) groups excluding carboxylic acids is 2. The number of nitrogens with one attached hydrogen (secondary N) is 2. The number of hydrogen-bond donors (Lipinski definition) is 2. The summed E-state index contributed by atoms with van der Waals surface area (Å²) in [4.78, 5) is 26.6. The summed E-state index contributed by atoms with van der Waals surface area (Å²) in [6.07, 6.45) is 0.888. The lowest BCUT2D eigenvalue weighted by molar-refractivity contribution is -0.119. The maximum absolute atomic E-state index is 12.8. The summed E-state index contributed by atoms with van der Waals surface area (Å²) >= 11 is 0. The van der Waals surface area contributed by atoms with Gasteiger partial charge in [0.2, 0.25) is 5.91 Å². The SMILES string of the molecule is CNCC(C)C(=O)Nc1ccc(C(=O)N2CCc3ccccc32)cc1.Cl. The molecule has 0 bridgehead atoms.